The summed E-state index contributed by atoms with van der Waals surface area (Å²) in [4.78, 5) is 44.9. The molecule has 0 saturated heterocycles. The van der Waals surface area contributed by atoms with Crippen molar-refractivity contribution in [3.05, 3.63) is 251 Å². The number of nitrogens with zero attached hydrogens (tertiary/aromatic N) is 10. The number of methoxy groups -OCH3 is 4. The monoisotopic (exact) mass is 2260 g/mol. The summed E-state index contributed by atoms with van der Waals surface area (Å²) in [6.07, 6.45) is 16.2. The minimum atomic E-state index is 0. The Morgan fingerprint density at radius 1 is 0.229 bits per heavy atom. The quantitative estimate of drug-likeness (QED) is 0.0113. The molecule has 16 bridgehead atoms. The molecule has 10 heterocycles. The molecule has 0 fully saturated rings. The molecule has 4 aliphatic heterocycles. The number of hydrogen-bond donors (Lipinski definition) is 0. The van der Waals surface area contributed by atoms with Crippen molar-refractivity contribution < 1.29 is 163 Å². The van der Waals surface area contributed by atoms with E-state index in [0.29, 0.717) is 291 Å². The van der Waals surface area contributed by atoms with Gasteiger partial charge in [0.15, 0.2) is 0 Å². The molecule has 0 radical (unpaired) electrons. The molecule has 0 amide bonds. The Balaban J connectivity index is 0.00000462. The number of rotatable bonds is 48. The fourth-order valence-corrected chi connectivity index (χ4v) is 16.2. The molecule has 26 nitrogen and oxygen atoms in total. The predicted molar refractivity (Wildman–Crippen MR) is 555 cm³/mol. The Bertz CT molecular complexity index is 6400. The molecule has 16 rings (SSSR count). The van der Waals surface area contributed by atoms with E-state index >= 15 is 0 Å². The van der Waals surface area contributed by atoms with Crippen molar-refractivity contribution in [2.45, 2.75) is 0 Å². The molecule has 0 aliphatic carbocycles. The van der Waals surface area contributed by atoms with Crippen LogP contribution in [0.3, 0.4) is 0 Å². The van der Waals surface area contributed by atoms with Gasteiger partial charge in [0.1, 0.15) is 60.8 Å². The van der Waals surface area contributed by atoms with Gasteiger partial charge >= 0.3 is 39.0 Å². The second-order valence-corrected chi connectivity index (χ2v) is 34.7. The zero-order chi connectivity index (χ0) is 96.8. The van der Waals surface area contributed by atoms with E-state index in [1.807, 2.05) is 170 Å². The summed E-state index contributed by atoms with van der Waals surface area (Å²) in [5.41, 5.74) is 23.0. The van der Waals surface area contributed by atoms with E-state index in [-0.39, 0.29) is 86.9 Å². The van der Waals surface area contributed by atoms with Crippen LogP contribution >= 0.6 is 0 Å². The summed E-state index contributed by atoms with van der Waals surface area (Å²) in [6, 6.07) is 65.3. The average molecular weight is 2270 g/mol. The van der Waals surface area contributed by atoms with Gasteiger partial charge < -0.3 is 144 Å². The van der Waals surface area contributed by atoms with Crippen molar-refractivity contribution in [3.8, 4) is 113 Å². The summed E-state index contributed by atoms with van der Waals surface area (Å²) < 4.78 is 94.0. The van der Waals surface area contributed by atoms with Crippen LogP contribution in [0.5, 0.6) is 23.0 Å². The van der Waals surface area contributed by atoms with Crippen molar-refractivity contribution in [1.29, 1.82) is 0 Å². The van der Waals surface area contributed by atoms with Gasteiger partial charge in [-0.15, -0.1) is 44.1 Å². The smallest absolute Gasteiger partial charge is 1.00 e. The van der Waals surface area contributed by atoms with Crippen LogP contribution in [0.25, 0.3) is 160 Å². The molecular formula is C114H118I2N10O16Zn2. The van der Waals surface area contributed by atoms with Gasteiger partial charge in [0, 0.05) is 39.6 Å². The predicted octanol–water partition coefficient (Wildman–Crippen LogP) is 12.2. The van der Waals surface area contributed by atoms with Gasteiger partial charge in [0.2, 0.25) is 0 Å². The molecule has 0 spiro atoms. The molecule has 12 aromatic rings. The van der Waals surface area contributed by atoms with Crippen LogP contribution in [0.15, 0.2) is 194 Å². The van der Waals surface area contributed by atoms with Gasteiger partial charge in [-0.3, -0.25) is 8.97 Å². The summed E-state index contributed by atoms with van der Waals surface area (Å²) in [5, 5.41) is 0. The molecule has 30 heteroatoms. The molecule has 6 aromatic carbocycles. The van der Waals surface area contributed by atoms with Crippen LogP contribution in [-0.2, 0) is 95.8 Å². The van der Waals surface area contributed by atoms with Crippen LogP contribution in [0.1, 0.15) is 56.7 Å². The van der Waals surface area contributed by atoms with E-state index in [9.17, 15) is 0 Å². The fourth-order valence-electron chi connectivity index (χ4n) is 16.2. The Morgan fingerprint density at radius 3 is 0.667 bits per heavy atom. The van der Waals surface area contributed by atoms with Crippen LogP contribution in [0.4, 0.5) is 11.4 Å². The van der Waals surface area contributed by atoms with E-state index in [0.717, 1.165) is 78.1 Å². The number of fused-ring (bicyclic) bond motifs is 16. The van der Waals surface area contributed by atoms with E-state index in [4.69, 9.17) is 116 Å². The summed E-state index contributed by atoms with van der Waals surface area (Å²) >= 11 is 0. The first-order valence-corrected chi connectivity index (χ1v) is 47.0. The van der Waals surface area contributed by atoms with E-state index in [2.05, 4.69) is 139 Å². The van der Waals surface area contributed by atoms with Crippen molar-refractivity contribution in [2.75, 3.05) is 229 Å². The number of aromatic nitrogens is 8. The SMILES string of the molecule is COCCOCCOCCOc1cccc(-c2c3nc(c(-c4ccc([N+](C)(C)C)cc4)c4ccc([n-]4)c(-c4cccc(OCCOCCOCCOC)c4)c4nc(c(C#CC#Cc5c6nc(c(-c7cccc(OCCOCCOCCOC)c7)c7ccc([n-]7)c(-c7ccc([N+](C)(C)C)cc7)c7nc(c(-c8cccc(OCCOCCOCCOC)c8)c8ccc5[n-]8)C=C7)C=C6)c5ccc2[n-]5)C=C4)C=C3)c1.[I-].[I-].[Zn+2].[Zn+2]. The Morgan fingerprint density at radius 2 is 0.431 bits per heavy atom. The molecule has 738 valence electrons. The second kappa shape index (κ2) is 56.1. The minimum absolute atomic E-state index is 0. The van der Waals surface area contributed by atoms with Crippen molar-refractivity contribution in [1.82, 2.24) is 48.8 Å². The number of quaternary nitrogens is 2. The zero-order valence-electron chi connectivity index (χ0n) is 83.2. The molecule has 0 unspecified atom stereocenters. The molecule has 0 saturated carbocycles. The Hall–Kier alpha value is -11.0. The van der Waals surface area contributed by atoms with Crippen LogP contribution in [-0.4, -0.2) is 249 Å². The van der Waals surface area contributed by atoms with Gasteiger partial charge in [0.25, 0.3) is 0 Å². The van der Waals surface area contributed by atoms with Gasteiger partial charge in [-0.25, -0.2) is 19.9 Å². The summed E-state index contributed by atoms with van der Waals surface area (Å²) in [7, 11) is 19.5. The largest absolute Gasteiger partial charge is 2.00 e. The van der Waals surface area contributed by atoms with Gasteiger partial charge in [-0.1, -0.05) is 109 Å². The first-order valence-electron chi connectivity index (χ1n) is 47.0. The third-order valence-corrected chi connectivity index (χ3v) is 23.2. The molecule has 144 heavy (non-hydrogen) atoms. The maximum Gasteiger partial charge on any atom is 2.00 e. The average Bonchev–Trinajstić information content (AvgIpc) is 1.62. The topological polar surface area (TPSA) is 256 Å². The summed E-state index contributed by atoms with van der Waals surface area (Å²) in [6.45, 7) is 9.89. The van der Waals surface area contributed by atoms with Gasteiger partial charge in [-0.05, 0) is 224 Å². The molecule has 4 aliphatic rings. The number of ether oxygens (including phenoxy) is 16. The van der Waals surface area contributed by atoms with Gasteiger partial charge in [-0.2, -0.15) is 0 Å². The Labute approximate surface area is 901 Å². The van der Waals surface area contributed by atoms with Crippen LogP contribution < -0.4 is 95.8 Å². The standard InChI is InChI=1S/C114H118N10O16.2HI.2Zn/c1-123(2,3)85-31-27-79(28-32-85)109-97-43-47-105(119-97)111(81-17-13-21-87(75-81)137-71-67-133-63-59-129-55-51-125-7)101-39-35-93(115-101)91(94-36-40-102(116-94)112(106-48-44-98(109)120-106)82-18-14-22-88(76-82)138-72-68-134-64-60-130-56-52-126-8)25-11-12-26-92-95-37-41-103(117-95)113(83-19-15-23-89(77-83)139-73-69-135-65-61-131-57-53-127-9)107-49-45-99(121-107)110(80-29-33-86(34-30-80)124(4,5)6)100-46-50-108(122-100)114(104-42-38-96(92)118-104)84-20-16-24-90(78-84)140-74-70-136-66-62-132-58-54-128-10;;;;/h13-24,27-50,75-78H,51-74H2,1-10H3;2*1H;;/q-2;;;2*+2/p-2. The van der Waals surface area contributed by atoms with E-state index < -0.39 is 0 Å². The number of hydrogen-bond acceptors (Lipinski definition) is 20. The summed E-state index contributed by atoms with van der Waals surface area (Å²) in [5.74, 6) is 16.4. The number of benzene rings is 6. The maximum atomic E-state index is 6.45. The van der Waals surface area contributed by atoms with Crippen molar-refractivity contribution in [2.24, 2.45) is 0 Å². The van der Waals surface area contributed by atoms with Crippen molar-refractivity contribution >= 4 is 104 Å². The van der Waals surface area contributed by atoms with Gasteiger partial charge in [0.05, 0.1) is 220 Å². The number of halogens is 2. The molecule has 0 N–H and O–H groups in total. The van der Waals surface area contributed by atoms with Crippen LogP contribution in [0, 0.1) is 23.7 Å². The van der Waals surface area contributed by atoms with E-state index in [1.54, 1.807) is 28.4 Å². The fraction of sp³-hybridized carbons (Fsp3) is 0.298. The first-order chi connectivity index (χ1) is 68.6. The normalized spacial score (nSPS) is 11.8. The second-order valence-electron chi connectivity index (χ2n) is 34.7. The first kappa shape index (κ1) is 112. The third-order valence-electron chi connectivity index (χ3n) is 23.2. The maximum absolute atomic E-state index is 6.45. The Kier molecular flexibility index (Phi) is 43.5. The van der Waals surface area contributed by atoms with Crippen LogP contribution in [0.2, 0.25) is 0 Å². The van der Waals surface area contributed by atoms with E-state index in [1.165, 1.54) is 0 Å². The zero-order valence-corrected chi connectivity index (χ0v) is 93.5. The minimum Gasteiger partial charge on any atom is -1.00 e. The molecule has 6 aromatic heterocycles. The molecular weight excluding hydrogens is 2150 g/mol. The molecule has 0 atom stereocenters. The third kappa shape index (κ3) is 29.9. The van der Waals surface area contributed by atoms with Crippen molar-refractivity contribution in [3.63, 3.8) is 0 Å².